The lowest BCUT2D eigenvalue weighted by atomic mass is 10.1. The average molecular weight is 275 g/mol. The van der Waals surface area contributed by atoms with Crippen LogP contribution in [0.4, 0.5) is 0 Å². The van der Waals surface area contributed by atoms with Crippen LogP contribution in [0.5, 0.6) is 5.88 Å². The second-order valence-corrected chi connectivity index (χ2v) is 4.62. The lowest BCUT2D eigenvalue weighted by Crippen LogP contribution is -2.21. The number of likely N-dealkylation sites (N-methyl/N-ethyl adjacent to an activating group) is 1. The SMILES string of the molecule is CCn1nc(C)cc1CC(NC)c1cc(OC)ncn1. The number of nitrogens with zero attached hydrogens (tertiary/aromatic N) is 4. The number of rotatable bonds is 6. The van der Waals surface area contributed by atoms with Crippen LogP contribution in [0, 0.1) is 6.92 Å². The van der Waals surface area contributed by atoms with Gasteiger partial charge in [-0.1, -0.05) is 0 Å². The van der Waals surface area contributed by atoms with E-state index >= 15 is 0 Å². The van der Waals surface area contributed by atoms with Gasteiger partial charge in [-0.2, -0.15) is 5.10 Å². The van der Waals surface area contributed by atoms with Gasteiger partial charge in [-0.3, -0.25) is 4.68 Å². The normalized spacial score (nSPS) is 12.4. The fourth-order valence-corrected chi connectivity index (χ4v) is 2.26. The quantitative estimate of drug-likeness (QED) is 0.865. The Balaban J connectivity index is 2.23. The van der Waals surface area contributed by atoms with Gasteiger partial charge in [0.2, 0.25) is 5.88 Å². The van der Waals surface area contributed by atoms with Crippen molar-refractivity contribution in [1.29, 1.82) is 0 Å². The van der Waals surface area contributed by atoms with E-state index in [1.807, 2.05) is 24.7 Å². The maximum Gasteiger partial charge on any atom is 0.216 e. The molecule has 1 unspecified atom stereocenters. The molecule has 2 heterocycles. The van der Waals surface area contributed by atoms with Crippen LogP contribution in [0.15, 0.2) is 18.5 Å². The van der Waals surface area contributed by atoms with Crippen LogP contribution < -0.4 is 10.1 Å². The van der Waals surface area contributed by atoms with Crippen LogP contribution in [0.25, 0.3) is 0 Å². The predicted octanol–water partition coefficient (Wildman–Crippen LogP) is 1.51. The number of ether oxygens (including phenoxy) is 1. The van der Waals surface area contributed by atoms with E-state index in [1.54, 1.807) is 7.11 Å². The molecular weight excluding hydrogens is 254 g/mol. The number of aryl methyl sites for hydroxylation is 2. The monoisotopic (exact) mass is 275 g/mol. The Labute approximate surface area is 119 Å². The van der Waals surface area contributed by atoms with Crippen molar-refractivity contribution in [3.8, 4) is 5.88 Å². The molecule has 6 nitrogen and oxygen atoms in total. The highest BCUT2D eigenvalue weighted by molar-refractivity contribution is 5.19. The largest absolute Gasteiger partial charge is 0.481 e. The maximum absolute atomic E-state index is 5.15. The van der Waals surface area contributed by atoms with E-state index in [2.05, 4.69) is 33.4 Å². The Morgan fingerprint density at radius 3 is 2.80 bits per heavy atom. The summed E-state index contributed by atoms with van der Waals surface area (Å²) in [6.45, 7) is 4.97. The molecule has 1 atom stereocenters. The second-order valence-electron chi connectivity index (χ2n) is 4.62. The fourth-order valence-electron chi connectivity index (χ4n) is 2.26. The third-order valence-corrected chi connectivity index (χ3v) is 3.28. The molecule has 0 fully saturated rings. The number of methoxy groups -OCH3 is 1. The lowest BCUT2D eigenvalue weighted by Gasteiger charge is -2.16. The van der Waals surface area contributed by atoms with Crippen LogP contribution in [0.3, 0.4) is 0 Å². The summed E-state index contributed by atoms with van der Waals surface area (Å²) in [5.41, 5.74) is 3.15. The molecule has 2 aromatic heterocycles. The van der Waals surface area contributed by atoms with Crippen molar-refractivity contribution in [2.75, 3.05) is 14.2 Å². The molecule has 0 saturated carbocycles. The third kappa shape index (κ3) is 3.14. The Hall–Kier alpha value is -1.95. The molecule has 20 heavy (non-hydrogen) atoms. The standard InChI is InChI=1S/C14H21N5O/c1-5-19-11(6-10(2)18-19)7-12(15-3)13-8-14(20-4)17-9-16-13/h6,8-9,12,15H,5,7H2,1-4H3. The molecule has 0 radical (unpaired) electrons. The van der Waals surface area contributed by atoms with Crippen LogP contribution in [-0.4, -0.2) is 33.9 Å². The van der Waals surface area contributed by atoms with Gasteiger partial charge in [-0.15, -0.1) is 0 Å². The highest BCUT2D eigenvalue weighted by Crippen LogP contribution is 2.19. The van der Waals surface area contributed by atoms with Crippen LogP contribution >= 0.6 is 0 Å². The molecule has 0 bridgehead atoms. The van der Waals surface area contributed by atoms with Crippen LogP contribution in [0.1, 0.15) is 30.0 Å². The Bertz CT molecular complexity index is 566. The van der Waals surface area contributed by atoms with Gasteiger partial charge in [0.05, 0.1) is 24.5 Å². The van der Waals surface area contributed by atoms with Gasteiger partial charge < -0.3 is 10.1 Å². The molecule has 6 heteroatoms. The minimum atomic E-state index is 0.105. The van der Waals surface area contributed by atoms with Crippen molar-refractivity contribution in [2.45, 2.75) is 32.9 Å². The summed E-state index contributed by atoms with van der Waals surface area (Å²) < 4.78 is 7.18. The van der Waals surface area contributed by atoms with Crippen molar-refractivity contribution in [3.63, 3.8) is 0 Å². The minimum Gasteiger partial charge on any atom is -0.481 e. The van der Waals surface area contributed by atoms with E-state index in [0.717, 1.165) is 24.4 Å². The van der Waals surface area contributed by atoms with E-state index in [1.165, 1.54) is 12.0 Å². The third-order valence-electron chi connectivity index (χ3n) is 3.28. The molecule has 0 amide bonds. The molecule has 0 spiro atoms. The second kappa shape index (κ2) is 6.47. The van der Waals surface area contributed by atoms with Crippen molar-refractivity contribution in [1.82, 2.24) is 25.1 Å². The first kappa shape index (κ1) is 14.5. The summed E-state index contributed by atoms with van der Waals surface area (Å²) in [7, 11) is 3.54. The van der Waals surface area contributed by atoms with Crippen molar-refractivity contribution >= 4 is 0 Å². The summed E-state index contributed by atoms with van der Waals surface area (Å²) in [4.78, 5) is 8.37. The van der Waals surface area contributed by atoms with Gasteiger partial charge in [-0.05, 0) is 27.0 Å². The molecule has 0 saturated heterocycles. The Morgan fingerprint density at radius 1 is 1.35 bits per heavy atom. The zero-order valence-corrected chi connectivity index (χ0v) is 12.4. The van der Waals surface area contributed by atoms with E-state index in [0.29, 0.717) is 5.88 Å². The van der Waals surface area contributed by atoms with Gasteiger partial charge in [0.25, 0.3) is 0 Å². The summed E-state index contributed by atoms with van der Waals surface area (Å²) in [5.74, 6) is 0.579. The first-order valence-corrected chi connectivity index (χ1v) is 6.74. The molecule has 0 aromatic carbocycles. The van der Waals surface area contributed by atoms with E-state index < -0.39 is 0 Å². The van der Waals surface area contributed by atoms with Gasteiger partial charge in [0.1, 0.15) is 6.33 Å². The number of aromatic nitrogens is 4. The highest BCUT2D eigenvalue weighted by Gasteiger charge is 2.16. The molecule has 0 aliphatic rings. The molecule has 1 N–H and O–H groups in total. The number of nitrogens with one attached hydrogen (secondary N) is 1. The molecule has 2 rings (SSSR count). The summed E-state index contributed by atoms with van der Waals surface area (Å²) in [5, 5.41) is 7.77. The van der Waals surface area contributed by atoms with E-state index in [4.69, 9.17) is 4.74 Å². The average Bonchev–Trinajstić information content (AvgIpc) is 2.84. The topological polar surface area (TPSA) is 64.9 Å². The van der Waals surface area contributed by atoms with Crippen molar-refractivity contribution < 1.29 is 4.74 Å². The molecule has 0 aliphatic carbocycles. The zero-order chi connectivity index (χ0) is 14.5. The predicted molar refractivity (Wildman–Crippen MR) is 76.7 cm³/mol. The minimum absolute atomic E-state index is 0.105. The van der Waals surface area contributed by atoms with Gasteiger partial charge >= 0.3 is 0 Å². The molecule has 0 aliphatic heterocycles. The molecule has 108 valence electrons. The highest BCUT2D eigenvalue weighted by atomic mass is 16.5. The summed E-state index contributed by atoms with van der Waals surface area (Å²) in [6, 6.07) is 4.08. The summed E-state index contributed by atoms with van der Waals surface area (Å²) in [6.07, 6.45) is 2.35. The van der Waals surface area contributed by atoms with Gasteiger partial charge in [-0.25, -0.2) is 9.97 Å². The van der Waals surface area contributed by atoms with Crippen molar-refractivity contribution in [3.05, 3.63) is 35.5 Å². The molecule has 2 aromatic rings. The van der Waals surface area contributed by atoms with Crippen molar-refractivity contribution in [2.24, 2.45) is 0 Å². The molecular formula is C14H21N5O. The van der Waals surface area contributed by atoms with Gasteiger partial charge in [0, 0.05) is 24.7 Å². The Morgan fingerprint density at radius 2 is 2.15 bits per heavy atom. The summed E-state index contributed by atoms with van der Waals surface area (Å²) >= 11 is 0. The number of hydrogen-bond acceptors (Lipinski definition) is 5. The first-order chi connectivity index (χ1) is 9.67. The smallest absolute Gasteiger partial charge is 0.216 e. The zero-order valence-electron chi connectivity index (χ0n) is 12.4. The maximum atomic E-state index is 5.15. The first-order valence-electron chi connectivity index (χ1n) is 6.74. The van der Waals surface area contributed by atoms with E-state index in [9.17, 15) is 0 Å². The van der Waals surface area contributed by atoms with Crippen LogP contribution in [-0.2, 0) is 13.0 Å². The Kier molecular flexibility index (Phi) is 4.68. The lowest BCUT2D eigenvalue weighted by molar-refractivity contribution is 0.394. The van der Waals surface area contributed by atoms with E-state index in [-0.39, 0.29) is 6.04 Å². The fraction of sp³-hybridized carbons (Fsp3) is 0.500. The van der Waals surface area contributed by atoms with Crippen LogP contribution in [0.2, 0.25) is 0 Å². The van der Waals surface area contributed by atoms with Gasteiger partial charge in [0.15, 0.2) is 0 Å². The number of hydrogen-bond donors (Lipinski definition) is 1.